The molecule has 9 heteroatoms. The molecule has 2 heterocycles. The molecule has 0 saturated heterocycles. The van der Waals surface area contributed by atoms with Gasteiger partial charge in [0.05, 0.1) is 28.2 Å². The molecule has 146 valence electrons. The maximum atomic E-state index is 12.8. The molecule has 1 aliphatic rings. The minimum absolute atomic E-state index is 0.0343. The van der Waals surface area contributed by atoms with Crippen molar-refractivity contribution in [3.8, 4) is 0 Å². The average molecular weight is 384 g/mol. The zero-order valence-electron chi connectivity index (χ0n) is 15.8. The first-order valence-corrected chi connectivity index (χ1v) is 8.62. The normalized spacial score (nSPS) is 14.7. The Hall–Kier alpha value is -3.33. The number of nitrogens with zero attached hydrogens (tertiary/aromatic N) is 3. The van der Waals surface area contributed by atoms with Crippen LogP contribution in [0.15, 0.2) is 36.7 Å². The number of methoxy groups -OCH3 is 1. The number of benzene rings is 1. The third-order valence-corrected chi connectivity index (χ3v) is 4.75. The fourth-order valence-corrected chi connectivity index (χ4v) is 3.21. The van der Waals surface area contributed by atoms with Gasteiger partial charge in [-0.25, -0.2) is 0 Å². The van der Waals surface area contributed by atoms with Gasteiger partial charge in [0.25, 0.3) is 11.6 Å². The van der Waals surface area contributed by atoms with E-state index in [1.807, 2.05) is 0 Å². The third kappa shape index (κ3) is 3.31. The SMILES string of the molecule is COCCN1C(=O)C(C)(C)c2cc(NC(=O)c3cccnc3)c([N+](=O)[O-])cc21. The molecule has 0 bridgehead atoms. The second-order valence-electron chi connectivity index (χ2n) is 6.91. The van der Waals surface area contributed by atoms with Crippen LogP contribution in [-0.4, -0.2) is 42.0 Å². The van der Waals surface area contributed by atoms with Crippen LogP contribution < -0.4 is 10.2 Å². The van der Waals surface area contributed by atoms with Crippen molar-refractivity contribution in [2.24, 2.45) is 0 Å². The minimum atomic E-state index is -0.883. The lowest BCUT2D eigenvalue weighted by molar-refractivity contribution is -0.383. The van der Waals surface area contributed by atoms with Gasteiger partial charge < -0.3 is 15.0 Å². The number of hydrogen-bond acceptors (Lipinski definition) is 6. The van der Waals surface area contributed by atoms with Gasteiger partial charge in [-0.3, -0.25) is 24.7 Å². The number of hydrogen-bond donors (Lipinski definition) is 1. The maximum Gasteiger partial charge on any atom is 0.294 e. The van der Waals surface area contributed by atoms with Gasteiger partial charge in [-0.2, -0.15) is 0 Å². The third-order valence-electron chi connectivity index (χ3n) is 4.75. The van der Waals surface area contributed by atoms with E-state index in [9.17, 15) is 19.7 Å². The van der Waals surface area contributed by atoms with Crippen molar-refractivity contribution in [1.82, 2.24) is 4.98 Å². The number of nitro groups is 1. The standard InChI is InChI=1S/C19H20N4O5/c1-19(2)13-9-14(21-17(24)12-5-4-6-20-11-12)16(23(26)27)10-15(13)22(18(19)25)7-8-28-3/h4-6,9-11H,7-8H2,1-3H3,(H,21,24). The molecular weight excluding hydrogens is 364 g/mol. The number of rotatable bonds is 6. The molecule has 0 aliphatic carbocycles. The van der Waals surface area contributed by atoms with Crippen LogP contribution in [0.3, 0.4) is 0 Å². The summed E-state index contributed by atoms with van der Waals surface area (Å²) in [7, 11) is 1.52. The Morgan fingerprint density at radius 3 is 2.75 bits per heavy atom. The number of pyridine rings is 1. The summed E-state index contributed by atoms with van der Waals surface area (Å²) in [4.78, 5) is 41.7. The Kier molecular flexibility index (Phi) is 5.10. The van der Waals surface area contributed by atoms with Gasteiger partial charge in [-0.15, -0.1) is 0 Å². The number of fused-ring (bicyclic) bond motifs is 1. The number of nitrogens with one attached hydrogen (secondary N) is 1. The highest BCUT2D eigenvalue weighted by molar-refractivity contribution is 6.10. The average Bonchev–Trinajstić information content (AvgIpc) is 2.86. The van der Waals surface area contributed by atoms with Crippen molar-refractivity contribution in [2.75, 3.05) is 30.5 Å². The fourth-order valence-electron chi connectivity index (χ4n) is 3.21. The van der Waals surface area contributed by atoms with Crippen molar-refractivity contribution < 1.29 is 19.2 Å². The van der Waals surface area contributed by atoms with Gasteiger partial charge in [0, 0.05) is 32.1 Å². The van der Waals surface area contributed by atoms with Crippen LogP contribution in [0.5, 0.6) is 0 Å². The molecule has 2 aromatic rings. The molecule has 1 aromatic heterocycles. The Labute approximate surface area is 161 Å². The molecule has 0 unspecified atom stereocenters. The summed E-state index contributed by atoms with van der Waals surface area (Å²) in [5, 5.41) is 14.2. The molecule has 2 amide bonds. The second-order valence-corrected chi connectivity index (χ2v) is 6.91. The van der Waals surface area contributed by atoms with Crippen LogP contribution in [0.4, 0.5) is 17.1 Å². The van der Waals surface area contributed by atoms with Crippen LogP contribution >= 0.6 is 0 Å². The van der Waals surface area contributed by atoms with Crippen LogP contribution in [0.25, 0.3) is 0 Å². The Morgan fingerprint density at radius 2 is 2.14 bits per heavy atom. The van der Waals surface area contributed by atoms with Gasteiger partial charge >= 0.3 is 0 Å². The van der Waals surface area contributed by atoms with Crippen LogP contribution in [0.2, 0.25) is 0 Å². The van der Waals surface area contributed by atoms with Crippen LogP contribution in [-0.2, 0) is 14.9 Å². The second kappa shape index (κ2) is 7.35. The van der Waals surface area contributed by atoms with Gasteiger partial charge in [0.15, 0.2) is 0 Å². The van der Waals surface area contributed by atoms with E-state index in [0.29, 0.717) is 17.9 Å². The fraction of sp³-hybridized carbons (Fsp3) is 0.316. The first kappa shape index (κ1) is 19.4. The van der Waals surface area contributed by atoms with Crippen molar-refractivity contribution in [3.05, 3.63) is 57.9 Å². The molecule has 3 rings (SSSR count). The van der Waals surface area contributed by atoms with E-state index in [0.717, 1.165) is 0 Å². The Morgan fingerprint density at radius 1 is 1.39 bits per heavy atom. The lowest BCUT2D eigenvalue weighted by Crippen LogP contribution is -2.37. The topological polar surface area (TPSA) is 115 Å². The summed E-state index contributed by atoms with van der Waals surface area (Å²) in [6.07, 6.45) is 2.89. The van der Waals surface area contributed by atoms with E-state index in [2.05, 4.69) is 10.3 Å². The number of anilines is 2. The molecule has 28 heavy (non-hydrogen) atoms. The van der Waals surface area contributed by atoms with Crippen molar-refractivity contribution in [2.45, 2.75) is 19.3 Å². The quantitative estimate of drug-likeness (QED) is 0.604. The maximum absolute atomic E-state index is 12.8. The highest BCUT2D eigenvalue weighted by atomic mass is 16.6. The molecule has 1 aromatic carbocycles. The summed E-state index contributed by atoms with van der Waals surface area (Å²) in [6, 6.07) is 5.99. The van der Waals surface area contributed by atoms with Gasteiger partial charge in [-0.1, -0.05) is 0 Å². The van der Waals surface area contributed by atoms with Crippen molar-refractivity contribution in [3.63, 3.8) is 0 Å². The zero-order chi connectivity index (χ0) is 20.5. The molecule has 1 aliphatic heterocycles. The molecule has 9 nitrogen and oxygen atoms in total. The number of amides is 2. The highest BCUT2D eigenvalue weighted by Gasteiger charge is 2.45. The molecule has 0 atom stereocenters. The first-order valence-electron chi connectivity index (χ1n) is 8.62. The molecule has 0 radical (unpaired) electrons. The predicted molar refractivity (Wildman–Crippen MR) is 103 cm³/mol. The molecule has 0 spiro atoms. The summed E-state index contributed by atoms with van der Waals surface area (Å²) in [5.74, 6) is -0.695. The number of aromatic nitrogens is 1. The van der Waals surface area contributed by atoms with Crippen molar-refractivity contribution >= 4 is 28.9 Å². The summed E-state index contributed by atoms with van der Waals surface area (Å²) < 4.78 is 5.05. The van der Waals surface area contributed by atoms with E-state index in [4.69, 9.17) is 4.74 Å². The predicted octanol–water partition coefficient (Wildman–Crippen LogP) is 2.51. The number of carbonyl (C=O) groups excluding carboxylic acids is 2. The minimum Gasteiger partial charge on any atom is -0.383 e. The summed E-state index contributed by atoms with van der Waals surface area (Å²) in [6.45, 7) is 4.08. The molecule has 0 fully saturated rings. The van der Waals surface area contributed by atoms with Crippen LogP contribution in [0, 0.1) is 10.1 Å². The zero-order valence-corrected chi connectivity index (χ0v) is 15.8. The van der Waals surface area contributed by atoms with Crippen molar-refractivity contribution in [1.29, 1.82) is 0 Å². The number of nitro benzene ring substituents is 1. The Balaban J connectivity index is 2.06. The monoisotopic (exact) mass is 384 g/mol. The highest BCUT2D eigenvalue weighted by Crippen LogP contribution is 2.45. The molecule has 0 saturated carbocycles. The lowest BCUT2D eigenvalue weighted by atomic mass is 9.85. The van der Waals surface area contributed by atoms with E-state index in [-0.39, 0.29) is 29.4 Å². The lowest BCUT2D eigenvalue weighted by Gasteiger charge is -2.19. The largest absolute Gasteiger partial charge is 0.383 e. The summed E-state index contributed by atoms with van der Waals surface area (Å²) >= 11 is 0. The van der Waals surface area contributed by atoms with Gasteiger partial charge in [0.2, 0.25) is 5.91 Å². The number of ether oxygens (including phenoxy) is 1. The van der Waals surface area contributed by atoms with Gasteiger partial charge in [0.1, 0.15) is 5.69 Å². The molecular formula is C19H20N4O5. The van der Waals surface area contributed by atoms with E-state index in [1.165, 1.54) is 36.5 Å². The molecule has 1 N–H and O–H groups in total. The van der Waals surface area contributed by atoms with Crippen LogP contribution in [0.1, 0.15) is 29.8 Å². The van der Waals surface area contributed by atoms with E-state index in [1.54, 1.807) is 26.0 Å². The summed E-state index contributed by atoms with van der Waals surface area (Å²) in [5.41, 5.74) is 0.204. The first-order chi connectivity index (χ1) is 13.3. The Bertz CT molecular complexity index is 943. The number of carbonyl (C=O) groups is 2. The van der Waals surface area contributed by atoms with E-state index < -0.39 is 16.2 Å². The smallest absolute Gasteiger partial charge is 0.294 e. The van der Waals surface area contributed by atoms with E-state index >= 15 is 0 Å². The van der Waals surface area contributed by atoms with Gasteiger partial charge in [-0.05, 0) is 37.6 Å².